The first-order chi connectivity index (χ1) is 9.74. The van der Waals surface area contributed by atoms with Crippen LogP contribution in [0.4, 0.5) is 0 Å². The van der Waals surface area contributed by atoms with Gasteiger partial charge in [-0.15, -0.1) is 0 Å². The molecule has 1 nitrogen and oxygen atoms in total. The van der Waals surface area contributed by atoms with E-state index in [0.717, 1.165) is 30.3 Å². The number of aromatic nitrogens is 1. The van der Waals surface area contributed by atoms with Crippen LogP contribution in [0.5, 0.6) is 0 Å². The maximum atomic E-state index is 6.21. The van der Waals surface area contributed by atoms with Crippen LogP contribution in [-0.4, -0.2) is 4.57 Å². The number of hydrogen-bond donors (Lipinski definition) is 0. The van der Waals surface area contributed by atoms with Crippen LogP contribution in [-0.2, 0) is 13.0 Å². The van der Waals surface area contributed by atoms with Crippen LogP contribution < -0.4 is 0 Å². The molecule has 0 atom stereocenters. The van der Waals surface area contributed by atoms with Gasteiger partial charge in [-0.2, -0.15) is 0 Å². The highest BCUT2D eigenvalue weighted by Crippen LogP contribution is 2.28. The Hall–Kier alpha value is -1.44. The zero-order chi connectivity index (χ0) is 13.9. The van der Waals surface area contributed by atoms with E-state index < -0.39 is 0 Å². The Labute approximate surface area is 128 Å². The van der Waals surface area contributed by atoms with Gasteiger partial charge in [-0.05, 0) is 36.6 Å². The van der Waals surface area contributed by atoms with E-state index in [1.54, 1.807) is 6.07 Å². The molecule has 0 unspecified atom stereocenters. The van der Waals surface area contributed by atoms with Gasteiger partial charge in [0.2, 0.25) is 0 Å². The fourth-order valence-corrected chi connectivity index (χ4v) is 3.06. The summed E-state index contributed by atoms with van der Waals surface area (Å²) in [7, 11) is 0. The van der Waals surface area contributed by atoms with Gasteiger partial charge in [0.25, 0.3) is 0 Å². The Morgan fingerprint density at radius 2 is 1.75 bits per heavy atom. The van der Waals surface area contributed by atoms with Crippen LogP contribution in [0.25, 0.3) is 10.9 Å². The third kappa shape index (κ3) is 2.84. The number of benzene rings is 2. The molecule has 0 spiro atoms. The molecule has 0 aliphatic rings. The van der Waals surface area contributed by atoms with Crippen molar-refractivity contribution in [3.05, 3.63) is 70.3 Å². The Morgan fingerprint density at radius 3 is 2.55 bits per heavy atom. The summed E-state index contributed by atoms with van der Waals surface area (Å²) in [5, 5.41) is 2.47. The Balaban J connectivity index is 1.75. The molecular weight excluding hydrogens is 289 g/mol. The lowest BCUT2D eigenvalue weighted by atomic mass is 10.1. The number of nitrogens with zero attached hydrogens (tertiary/aromatic N) is 1. The van der Waals surface area contributed by atoms with Gasteiger partial charge in [0.15, 0.2) is 0 Å². The Bertz CT molecular complexity index is 716. The molecular formula is C17H15Cl2N. The fraction of sp³-hybridized carbons (Fsp3) is 0.176. The molecule has 0 bridgehead atoms. The molecule has 1 heterocycles. The van der Waals surface area contributed by atoms with Crippen LogP contribution in [0.2, 0.25) is 10.0 Å². The van der Waals surface area contributed by atoms with Crippen LogP contribution in [0.1, 0.15) is 12.0 Å². The van der Waals surface area contributed by atoms with Crippen molar-refractivity contribution >= 4 is 34.1 Å². The topological polar surface area (TPSA) is 4.93 Å². The molecule has 0 radical (unpaired) electrons. The molecule has 3 rings (SSSR count). The van der Waals surface area contributed by atoms with Gasteiger partial charge >= 0.3 is 0 Å². The molecule has 1 aromatic heterocycles. The molecule has 0 fully saturated rings. The largest absolute Gasteiger partial charge is 0.347 e. The van der Waals surface area contributed by atoms with Crippen LogP contribution in [0, 0.1) is 0 Å². The van der Waals surface area contributed by atoms with Gasteiger partial charge in [-0.3, -0.25) is 0 Å². The number of aryl methyl sites for hydroxylation is 2. The summed E-state index contributed by atoms with van der Waals surface area (Å²) in [6, 6.07) is 16.4. The number of fused-ring (bicyclic) bond motifs is 1. The zero-order valence-electron chi connectivity index (χ0n) is 11.0. The zero-order valence-corrected chi connectivity index (χ0v) is 12.5. The molecule has 3 heteroatoms. The second kappa shape index (κ2) is 5.90. The van der Waals surface area contributed by atoms with Crippen molar-refractivity contribution in [1.29, 1.82) is 0 Å². The summed E-state index contributed by atoms with van der Waals surface area (Å²) >= 11 is 12.3. The lowest BCUT2D eigenvalue weighted by Crippen LogP contribution is -1.98. The predicted molar refractivity (Wildman–Crippen MR) is 86.7 cm³/mol. The summed E-state index contributed by atoms with van der Waals surface area (Å²) in [5.41, 5.74) is 2.48. The van der Waals surface area contributed by atoms with E-state index in [0.29, 0.717) is 10.0 Å². The lowest BCUT2D eigenvalue weighted by Gasteiger charge is -2.06. The SMILES string of the molecule is Clc1cc(Cl)c2ccn(CCCc3ccccc3)c2c1. The van der Waals surface area contributed by atoms with E-state index >= 15 is 0 Å². The summed E-state index contributed by atoms with van der Waals surface area (Å²) in [4.78, 5) is 0. The van der Waals surface area contributed by atoms with E-state index in [4.69, 9.17) is 23.2 Å². The van der Waals surface area contributed by atoms with E-state index in [-0.39, 0.29) is 0 Å². The maximum absolute atomic E-state index is 6.21. The third-order valence-corrected chi connectivity index (χ3v) is 4.04. The number of halogens is 2. The van der Waals surface area contributed by atoms with Crippen molar-refractivity contribution in [1.82, 2.24) is 4.57 Å². The number of rotatable bonds is 4. The van der Waals surface area contributed by atoms with Gasteiger partial charge < -0.3 is 4.57 Å². The monoisotopic (exact) mass is 303 g/mol. The highest BCUT2D eigenvalue weighted by Gasteiger charge is 2.06. The van der Waals surface area contributed by atoms with Gasteiger partial charge in [0, 0.05) is 23.2 Å². The summed E-state index contributed by atoms with van der Waals surface area (Å²) < 4.78 is 2.22. The van der Waals surface area contributed by atoms with Gasteiger partial charge in [0.1, 0.15) is 0 Å². The van der Waals surface area contributed by atoms with E-state index in [1.807, 2.05) is 12.1 Å². The van der Waals surface area contributed by atoms with Crippen molar-refractivity contribution in [3.63, 3.8) is 0 Å². The highest BCUT2D eigenvalue weighted by molar-refractivity contribution is 6.38. The van der Waals surface area contributed by atoms with Crippen molar-refractivity contribution in [3.8, 4) is 0 Å². The Kier molecular flexibility index (Phi) is 4.00. The first-order valence-electron chi connectivity index (χ1n) is 6.72. The first kappa shape index (κ1) is 13.5. The lowest BCUT2D eigenvalue weighted by molar-refractivity contribution is 0.662. The van der Waals surface area contributed by atoms with Crippen LogP contribution >= 0.6 is 23.2 Å². The minimum absolute atomic E-state index is 0.686. The third-order valence-electron chi connectivity index (χ3n) is 3.51. The van der Waals surface area contributed by atoms with Gasteiger partial charge in [0.05, 0.1) is 10.5 Å². The van der Waals surface area contributed by atoms with Gasteiger partial charge in [-0.25, -0.2) is 0 Å². The van der Waals surface area contributed by atoms with Gasteiger partial charge in [-0.1, -0.05) is 53.5 Å². The molecule has 2 aromatic carbocycles. The minimum Gasteiger partial charge on any atom is -0.347 e. The second-order valence-electron chi connectivity index (χ2n) is 4.92. The standard InChI is InChI=1S/C17H15Cl2N/c18-14-11-16(19)15-8-10-20(17(15)12-14)9-4-7-13-5-2-1-3-6-13/h1-3,5-6,8,10-12H,4,7,9H2. The smallest absolute Gasteiger partial charge is 0.0514 e. The molecule has 102 valence electrons. The van der Waals surface area contributed by atoms with E-state index in [9.17, 15) is 0 Å². The normalized spacial score (nSPS) is 11.1. The van der Waals surface area contributed by atoms with E-state index in [2.05, 4.69) is 41.1 Å². The average Bonchev–Trinajstić information content (AvgIpc) is 2.83. The highest BCUT2D eigenvalue weighted by atomic mass is 35.5. The molecule has 0 saturated carbocycles. The maximum Gasteiger partial charge on any atom is 0.0514 e. The molecule has 0 saturated heterocycles. The summed E-state index contributed by atoms with van der Waals surface area (Å²) in [6.45, 7) is 0.967. The second-order valence-corrected chi connectivity index (χ2v) is 5.76. The molecule has 0 aliphatic heterocycles. The first-order valence-corrected chi connectivity index (χ1v) is 7.47. The predicted octanol–water partition coefficient (Wildman–Crippen LogP) is 5.58. The molecule has 20 heavy (non-hydrogen) atoms. The average molecular weight is 304 g/mol. The quantitative estimate of drug-likeness (QED) is 0.593. The van der Waals surface area contributed by atoms with E-state index in [1.165, 1.54) is 5.56 Å². The van der Waals surface area contributed by atoms with Crippen molar-refractivity contribution < 1.29 is 0 Å². The summed E-state index contributed by atoms with van der Waals surface area (Å²) in [6.07, 6.45) is 4.25. The minimum atomic E-state index is 0.686. The van der Waals surface area contributed by atoms with Crippen molar-refractivity contribution in [2.75, 3.05) is 0 Å². The molecule has 0 amide bonds. The van der Waals surface area contributed by atoms with Crippen LogP contribution in [0.15, 0.2) is 54.7 Å². The fourth-order valence-electron chi connectivity index (χ4n) is 2.51. The van der Waals surface area contributed by atoms with Crippen molar-refractivity contribution in [2.24, 2.45) is 0 Å². The Morgan fingerprint density at radius 1 is 0.950 bits per heavy atom. The molecule has 3 aromatic rings. The molecule has 0 N–H and O–H groups in total. The number of hydrogen-bond acceptors (Lipinski definition) is 0. The molecule has 0 aliphatic carbocycles. The summed E-state index contributed by atoms with van der Waals surface area (Å²) in [5.74, 6) is 0. The van der Waals surface area contributed by atoms with Crippen molar-refractivity contribution in [2.45, 2.75) is 19.4 Å². The van der Waals surface area contributed by atoms with Crippen LogP contribution in [0.3, 0.4) is 0 Å².